The van der Waals surface area contributed by atoms with Crippen LogP contribution in [0.2, 0.25) is 0 Å². The molecule has 42 valence electrons. The number of hydrogen-bond acceptors (Lipinski definition) is 0. The number of hydrogen-bond donors (Lipinski definition) is 0. The maximum Gasteiger partial charge on any atom is 0.569 e. The van der Waals surface area contributed by atoms with Gasteiger partial charge in [-0.15, -0.1) is 5.92 Å². The minimum Gasteiger partial charge on any atom is -0.277 e. The van der Waals surface area contributed by atoms with Crippen LogP contribution in [-0.2, 0) is 0 Å². The second-order valence-corrected chi connectivity index (χ2v) is 4.66. The summed E-state index contributed by atoms with van der Waals surface area (Å²) in [6.07, 6.45) is 2.33. The number of unbranched alkanes of at least 4 members (excludes halogenated alkanes) is 1. The van der Waals surface area contributed by atoms with Crippen LogP contribution in [0.5, 0.6) is 0 Å². The lowest BCUT2D eigenvalue weighted by Gasteiger charge is -1.80. The van der Waals surface area contributed by atoms with E-state index in [1.165, 1.54) is 10.8 Å². The Balaban J connectivity index is 2.90. The van der Waals surface area contributed by atoms with E-state index in [0.29, 0.717) is 0 Å². The Morgan fingerprint density at radius 2 is 2.38 bits per heavy atom. The predicted molar refractivity (Wildman–Crippen MR) is 50.6 cm³/mol. The van der Waals surface area contributed by atoms with Gasteiger partial charge in [0.2, 0.25) is 0 Å². The summed E-state index contributed by atoms with van der Waals surface area (Å²) < 4.78 is 4.32. The topological polar surface area (TPSA) is 0 Å². The van der Waals surface area contributed by atoms with Crippen molar-refractivity contribution in [3.05, 3.63) is 0 Å². The maximum absolute atomic E-state index is 3.36. The largest absolute Gasteiger partial charge is 0.569 e. The Bertz CT molecular complexity index is 94.3. The first kappa shape index (κ1) is 9.54. The van der Waals surface area contributed by atoms with E-state index in [0.717, 1.165) is 6.42 Å². The molecule has 3 heteroatoms. The molecule has 0 saturated carbocycles. The summed E-state index contributed by atoms with van der Waals surface area (Å²) in [6.45, 7) is 0. The molecule has 0 atom stereocenters. The van der Waals surface area contributed by atoms with Crippen LogP contribution in [0.4, 0.5) is 0 Å². The fourth-order valence-electron chi connectivity index (χ4n) is 0.291. The molecule has 0 rings (SSSR count). The summed E-state index contributed by atoms with van der Waals surface area (Å²) in [4.78, 5) is 0. The second kappa shape index (κ2) is 8.54. The van der Waals surface area contributed by atoms with Crippen molar-refractivity contribution in [3.63, 3.8) is 0 Å². The highest BCUT2D eigenvalue weighted by Crippen LogP contribution is 1.91. The monoisotopic (exact) mass is 296 g/mol. The third-order valence-corrected chi connectivity index (χ3v) is 2.61. The van der Waals surface area contributed by atoms with Crippen molar-refractivity contribution < 1.29 is 0 Å². The first-order chi connectivity index (χ1) is 3.91. The van der Waals surface area contributed by atoms with Gasteiger partial charge in [0.05, 0.1) is 0 Å². The highest BCUT2D eigenvalue weighted by Gasteiger charge is 1.77. The van der Waals surface area contributed by atoms with E-state index in [-0.39, 0.29) is 18.2 Å². The van der Waals surface area contributed by atoms with E-state index >= 15 is 0 Å². The maximum atomic E-state index is 3.36. The fourth-order valence-corrected chi connectivity index (χ4v) is 1.54. The zero-order chi connectivity index (χ0) is 6.24. The van der Waals surface area contributed by atoms with Gasteiger partial charge in [0.25, 0.3) is 0 Å². The van der Waals surface area contributed by atoms with E-state index in [1.54, 1.807) is 0 Å². The van der Waals surface area contributed by atoms with Crippen LogP contribution < -0.4 is 0 Å². The van der Waals surface area contributed by atoms with Gasteiger partial charge in [-0.05, 0) is 6.42 Å². The van der Waals surface area contributed by atoms with Gasteiger partial charge >= 0.3 is 18.2 Å². The molecule has 0 aliphatic rings. The van der Waals surface area contributed by atoms with Gasteiger partial charge in [-0.2, -0.15) is 0 Å². The van der Waals surface area contributed by atoms with Gasteiger partial charge in [-0.3, -0.25) is 16.9 Å². The standard InChI is InChI=1S/C5H6I.BrH.Mg/c1-2-3-4-5-6;;/h3-5H2;1H;/q;;+1/p-1. The molecule has 8 heavy (non-hydrogen) atoms. The quantitative estimate of drug-likeness (QED) is 0.241. The van der Waals surface area contributed by atoms with Gasteiger partial charge in [0.1, 0.15) is 0 Å². The lowest BCUT2D eigenvalue weighted by atomic mass is 10.4. The summed E-state index contributed by atoms with van der Waals surface area (Å²) in [6, 6.07) is 0. The first-order valence-electron chi connectivity index (χ1n) is 2.49. The van der Waals surface area contributed by atoms with E-state index in [1.807, 2.05) is 0 Å². The van der Waals surface area contributed by atoms with Crippen molar-refractivity contribution in [2.45, 2.75) is 12.8 Å². The SMILES string of the molecule is [Br][Mg][C]#CCCCI. The van der Waals surface area contributed by atoms with Crippen LogP contribution in [0.25, 0.3) is 0 Å². The smallest absolute Gasteiger partial charge is 0.277 e. The molecule has 0 N–H and O–H groups in total. The van der Waals surface area contributed by atoms with Crippen LogP contribution >= 0.6 is 35.5 Å². The van der Waals surface area contributed by atoms with Crippen molar-refractivity contribution in [1.82, 2.24) is 0 Å². The van der Waals surface area contributed by atoms with Crippen LogP contribution in [0.15, 0.2) is 0 Å². The van der Waals surface area contributed by atoms with Crippen molar-refractivity contribution in [2.75, 3.05) is 4.43 Å². The Morgan fingerprint density at radius 1 is 1.62 bits per heavy atom. The normalized spacial score (nSPS) is 6.75. The van der Waals surface area contributed by atoms with E-state index in [4.69, 9.17) is 0 Å². The number of halogens is 2. The predicted octanol–water partition coefficient (Wildman–Crippen LogP) is 2.18. The summed E-state index contributed by atoms with van der Waals surface area (Å²) in [5.74, 6) is 3.10. The molecular formula is C5H6BrIMg. The molecule has 0 fully saturated rings. The Morgan fingerprint density at radius 3 is 2.88 bits per heavy atom. The molecule has 0 aromatic rings. The minimum atomic E-state index is -0.165. The average molecular weight is 297 g/mol. The molecule has 0 aliphatic heterocycles. The molecule has 0 aromatic heterocycles. The van der Waals surface area contributed by atoms with Crippen molar-refractivity contribution in [2.24, 2.45) is 0 Å². The summed E-state index contributed by atoms with van der Waals surface area (Å²) in [5.41, 5.74) is 0. The Hall–Kier alpha value is 1.54. The van der Waals surface area contributed by atoms with E-state index < -0.39 is 0 Å². The van der Waals surface area contributed by atoms with Crippen molar-refractivity contribution in [3.8, 4) is 9.97 Å². The molecule has 0 spiro atoms. The summed E-state index contributed by atoms with van der Waals surface area (Å²) in [7, 11) is 0. The summed E-state index contributed by atoms with van der Waals surface area (Å²) in [5, 5.41) is 0. The molecule has 0 radical (unpaired) electrons. The number of alkyl halides is 1. The highest BCUT2D eigenvalue weighted by atomic mass is 127. The lowest BCUT2D eigenvalue weighted by Crippen LogP contribution is -1.71. The third kappa shape index (κ3) is 7.54. The Labute approximate surface area is 79.9 Å². The Kier molecular flexibility index (Phi) is 10.2. The third-order valence-electron chi connectivity index (χ3n) is 0.627. The summed E-state index contributed by atoms with van der Waals surface area (Å²) >= 11 is 5.57. The van der Waals surface area contributed by atoms with Gasteiger partial charge in [-0.25, -0.2) is 0 Å². The van der Waals surface area contributed by atoms with Crippen molar-refractivity contribution in [1.29, 1.82) is 0 Å². The lowest BCUT2D eigenvalue weighted by molar-refractivity contribution is 1.01. The first-order valence-corrected chi connectivity index (χ1v) is 8.62. The molecular weight excluding hydrogens is 291 g/mol. The fraction of sp³-hybridized carbons (Fsp3) is 0.600. The van der Waals surface area contributed by atoms with Crippen LogP contribution in [0.1, 0.15) is 12.8 Å². The van der Waals surface area contributed by atoms with Gasteiger partial charge in [0, 0.05) is 10.8 Å². The molecule has 0 unspecified atom stereocenters. The van der Waals surface area contributed by atoms with Crippen LogP contribution in [0.3, 0.4) is 0 Å². The van der Waals surface area contributed by atoms with Crippen LogP contribution in [-0.4, -0.2) is 22.6 Å². The van der Waals surface area contributed by atoms with Gasteiger partial charge in [0.15, 0.2) is 0 Å². The molecule has 0 amide bonds. The average Bonchev–Trinajstić information content (AvgIpc) is 1.81. The van der Waals surface area contributed by atoms with E-state index in [2.05, 4.69) is 45.4 Å². The zero-order valence-corrected chi connectivity index (χ0v) is 9.74. The number of rotatable bonds is 2. The van der Waals surface area contributed by atoms with Gasteiger partial charge in [-0.1, -0.05) is 22.6 Å². The highest BCUT2D eigenvalue weighted by molar-refractivity contribution is 14.1. The molecule has 0 aliphatic carbocycles. The molecule has 0 nitrogen and oxygen atoms in total. The molecule has 0 heterocycles. The molecule has 0 saturated heterocycles. The second-order valence-electron chi connectivity index (χ2n) is 1.28. The minimum absolute atomic E-state index is 0.165. The van der Waals surface area contributed by atoms with Crippen molar-refractivity contribution >= 4 is 53.7 Å². The van der Waals surface area contributed by atoms with E-state index in [9.17, 15) is 0 Å². The zero-order valence-electron chi connectivity index (χ0n) is 4.58. The molecule has 0 bridgehead atoms. The van der Waals surface area contributed by atoms with Gasteiger partial charge < -0.3 is 0 Å². The van der Waals surface area contributed by atoms with Crippen LogP contribution in [0, 0.1) is 9.97 Å². The molecule has 0 aromatic carbocycles.